The molecule has 0 aliphatic heterocycles. The second-order valence-corrected chi connectivity index (χ2v) is 10.4. The van der Waals surface area contributed by atoms with Crippen LogP contribution in [-0.4, -0.2) is 14.8 Å². The van der Waals surface area contributed by atoms with E-state index in [0.717, 1.165) is 30.2 Å². The first-order valence-electron chi connectivity index (χ1n) is 10.3. The Morgan fingerprint density at radius 3 is 2.28 bits per heavy atom. The van der Waals surface area contributed by atoms with E-state index < -0.39 is 0 Å². The second-order valence-electron chi connectivity index (χ2n) is 8.63. The third-order valence-electron chi connectivity index (χ3n) is 5.24. The van der Waals surface area contributed by atoms with Crippen LogP contribution < -0.4 is 0 Å². The lowest BCUT2D eigenvalue weighted by atomic mass is 9.87. The highest BCUT2D eigenvalue weighted by atomic mass is 35.5. The number of rotatable bonds is 9. The van der Waals surface area contributed by atoms with Gasteiger partial charge in [0.2, 0.25) is 0 Å². The van der Waals surface area contributed by atoms with Gasteiger partial charge in [-0.2, -0.15) is 11.8 Å². The third-order valence-corrected chi connectivity index (χ3v) is 6.94. The SMILES string of the molecule is CC(C)(C)c1ccc(CSC(CCc2ccc(Cl)cc2)CCn2ccnc2)cc1. The van der Waals surface area contributed by atoms with Gasteiger partial charge in [0.25, 0.3) is 0 Å². The van der Waals surface area contributed by atoms with Crippen LogP contribution in [-0.2, 0) is 24.1 Å². The minimum Gasteiger partial charge on any atom is -0.337 e. The Balaban J connectivity index is 1.58. The van der Waals surface area contributed by atoms with Gasteiger partial charge in [-0.05, 0) is 53.5 Å². The highest BCUT2D eigenvalue weighted by molar-refractivity contribution is 7.99. The molecule has 1 atom stereocenters. The van der Waals surface area contributed by atoms with E-state index >= 15 is 0 Å². The van der Waals surface area contributed by atoms with Crippen LogP contribution in [0.4, 0.5) is 0 Å². The Kier molecular flexibility index (Phi) is 7.85. The van der Waals surface area contributed by atoms with Crippen molar-refractivity contribution in [3.63, 3.8) is 0 Å². The fraction of sp³-hybridized carbons (Fsp3) is 0.400. The van der Waals surface area contributed by atoms with Gasteiger partial charge in [-0.15, -0.1) is 0 Å². The lowest BCUT2D eigenvalue weighted by Crippen LogP contribution is -2.11. The van der Waals surface area contributed by atoms with E-state index in [1.807, 2.05) is 30.9 Å². The van der Waals surface area contributed by atoms with Crippen molar-refractivity contribution in [2.75, 3.05) is 0 Å². The first-order chi connectivity index (χ1) is 13.9. The summed E-state index contributed by atoms with van der Waals surface area (Å²) < 4.78 is 2.17. The van der Waals surface area contributed by atoms with Crippen LogP contribution in [0.5, 0.6) is 0 Å². The maximum Gasteiger partial charge on any atom is 0.0945 e. The van der Waals surface area contributed by atoms with Crippen LogP contribution in [0.3, 0.4) is 0 Å². The summed E-state index contributed by atoms with van der Waals surface area (Å²) in [5, 5.41) is 1.41. The normalized spacial score (nSPS) is 12.8. The van der Waals surface area contributed by atoms with Crippen LogP contribution >= 0.6 is 23.4 Å². The molecule has 1 unspecified atom stereocenters. The van der Waals surface area contributed by atoms with Crippen molar-refractivity contribution >= 4 is 23.4 Å². The van der Waals surface area contributed by atoms with Gasteiger partial charge in [0, 0.05) is 35.0 Å². The number of hydrogen-bond acceptors (Lipinski definition) is 2. The van der Waals surface area contributed by atoms with Crippen molar-refractivity contribution in [3.8, 4) is 0 Å². The molecule has 154 valence electrons. The van der Waals surface area contributed by atoms with Crippen LogP contribution in [0.2, 0.25) is 5.02 Å². The fourth-order valence-electron chi connectivity index (χ4n) is 3.32. The quantitative estimate of drug-likeness (QED) is 0.361. The highest BCUT2D eigenvalue weighted by Crippen LogP contribution is 2.27. The number of hydrogen-bond donors (Lipinski definition) is 0. The molecule has 29 heavy (non-hydrogen) atoms. The van der Waals surface area contributed by atoms with E-state index in [-0.39, 0.29) is 5.41 Å². The number of halogens is 1. The van der Waals surface area contributed by atoms with Gasteiger partial charge in [0.1, 0.15) is 0 Å². The Morgan fingerprint density at radius 1 is 0.966 bits per heavy atom. The smallest absolute Gasteiger partial charge is 0.0945 e. The van der Waals surface area contributed by atoms with Gasteiger partial charge in [-0.1, -0.05) is 68.8 Å². The summed E-state index contributed by atoms with van der Waals surface area (Å²) in [6.45, 7) is 7.81. The maximum absolute atomic E-state index is 6.03. The zero-order valence-electron chi connectivity index (χ0n) is 17.6. The lowest BCUT2D eigenvalue weighted by Gasteiger charge is -2.20. The van der Waals surface area contributed by atoms with Gasteiger partial charge in [0.05, 0.1) is 6.33 Å². The maximum atomic E-state index is 6.03. The summed E-state index contributed by atoms with van der Waals surface area (Å²) in [5.41, 5.74) is 4.36. The summed E-state index contributed by atoms with van der Waals surface area (Å²) in [7, 11) is 0. The van der Waals surface area contributed by atoms with E-state index in [0.29, 0.717) is 5.25 Å². The van der Waals surface area contributed by atoms with E-state index in [9.17, 15) is 0 Å². The molecule has 3 aromatic rings. The van der Waals surface area contributed by atoms with E-state index in [1.54, 1.807) is 0 Å². The van der Waals surface area contributed by atoms with Crippen molar-refractivity contribution in [1.82, 2.24) is 9.55 Å². The number of benzene rings is 2. The van der Waals surface area contributed by atoms with Crippen LogP contribution in [0.1, 0.15) is 50.3 Å². The molecule has 0 N–H and O–H groups in total. The Hall–Kier alpha value is -1.71. The van der Waals surface area contributed by atoms with Crippen LogP contribution in [0.25, 0.3) is 0 Å². The predicted octanol–water partition coefficient (Wildman–Crippen LogP) is 7.16. The minimum absolute atomic E-state index is 0.206. The Labute approximate surface area is 184 Å². The zero-order chi connectivity index (χ0) is 20.7. The van der Waals surface area contributed by atoms with E-state index in [1.165, 1.54) is 23.1 Å². The average Bonchev–Trinajstić information content (AvgIpc) is 3.22. The van der Waals surface area contributed by atoms with Gasteiger partial charge in [-0.3, -0.25) is 0 Å². The zero-order valence-corrected chi connectivity index (χ0v) is 19.2. The molecule has 0 radical (unpaired) electrons. The molecule has 0 fully saturated rings. The molecule has 0 bridgehead atoms. The monoisotopic (exact) mass is 426 g/mol. The van der Waals surface area contributed by atoms with Crippen molar-refractivity contribution in [2.24, 2.45) is 0 Å². The van der Waals surface area contributed by atoms with Gasteiger partial charge < -0.3 is 4.57 Å². The average molecular weight is 427 g/mol. The number of imidazole rings is 1. The van der Waals surface area contributed by atoms with Gasteiger partial charge in [0.15, 0.2) is 0 Å². The van der Waals surface area contributed by atoms with E-state index in [4.69, 9.17) is 11.6 Å². The van der Waals surface area contributed by atoms with Crippen molar-refractivity contribution in [3.05, 3.63) is 89.0 Å². The first-order valence-corrected chi connectivity index (χ1v) is 11.7. The number of aromatic nitrogens is 2. The topological polar surface area (TPSA) is 17.8 Å². The fourth-order valence-corrected chi connectivity index (χ4v) is 4.62. The molecule has 2 aromatic carbocycles. The van der Waals surface area contributed by atoms with Crippen LogP contribution in [0.15, 0.2) is 67.3 Å². The van der Waals surface area contributed by atoms with Gasteiger partial charge in [-0.25, -0.2) is 4.98 Å². The standard InChI is InChI=1S/C25H31ClN2S/c1-25(2,3)22-9-4-21(5-10-22)18-29-24(14-16-28-17-15-27-19-28)13-8-20-6-11-23(26)12-7-20/h4-7,9-12,15,17,19,24H,8,13-14,16,18H2,1-3H3. The number of thioether (sulfide) groups is 1. The molecule has 4 heteroatoms. The molecule has 2 nitrogen and oxygen atoms in total. The summed E-state index contributed by atoms with van der Waals surface area (Å²) in [4.78, 5) is 4.17. The summed E-state index contributed by atoms with van der Waals surface area (Å²) >= 11 is 8.10. The largest absolute Gasteiger partial charge is 0.337 e. The molecule has 0 saturated carbocycles. The molecule has 1 aromatic heterocycles. The Morgan fingerprint density at radius 2 is 1.66 bits per heavy atom. The van der Waals surface area contributed by atoms with Crippen molar-refractivity contribution < 1.29 is 0 Å². The first kappa shape index (κ1) is 22.0. The van der Waals surface area contributed by atoms with Crippen LogP contribution in [0, 0.1) is 0 Å². The molecule has 0 aliphatic rings. The molecular formula is C25H31ClN2S. The molecule has 3 rings (SSSR count). The minimum atomic E-state index is 0.206. The molecule has 0 amide bonds. The molecule has 1 heterocycles. The van der Waals surface area contributed by atoms with Crippen molar-refractivity contribution in [2.45, 2.75) is 63.0 Å². The number of aryl methyl sites for hydroxylation is 2. The van der Waals surface area contributed by atoms with Gasteiger partial charge >= 0.3 is 0 Å². The number of nitrogens with zero attached hydrogens (tertiary/aromatic N) is 2. The molecular weight excluding hydrogens is 396 g/mol. The predicted molar refractivity (Wildman–Crippen MR) is 127 cm³/mol. The Bertz CT molecular complexity index is 849. The molecule has 0 saturated heterocycles. The summed E-state index contributed by atoms with van der Waals surface area (Å²) in [5.74, 6) is 1.06. The molecule has 0 aliphatic carbocycles. The lowest BCUT2D eigenvalue weighted by molar-refractivity contribution is 0.590. The summed E-state index contributed by atoms with van der Waals surface area (Å²) in [6.07, 6.45) is 9.21. The van der Waals surface area contributed by atoms with E-state index in [2.05, 4.69) is 78.5 Å². The van der Waals surface area contributed by atoms with Crippen molar-refractivity contribution in [1.29, 1.82) is 0 Å². The highest BCUT2D eigenvalue weighted by Gasteiger charge is 2.14. The summed E-state index contributed by atoms with van der Waals surface area (Å²) in [6, 6.07) is 17.4. The second kappa shape index (κ2) is 10.4. The third kappa shape index (κ3) is 7.24. The molecule has 0 spiro atoms.